The molecule has 0 aromatic heterocycles. The van der Waals surface area contributed by atoms with Crippen molar-refractivity contribution in [1.29, 1.82) is 0 Å². The van der Waals surface area contributed by atoms with E-state index in [9.17, 15) is 26.4 Å². The smallest absolute Gasteiger partial charge is 0.264 e. The van der Waals surface area contributed by atoms with Crippen molar-refractivity contribution < 1.29 is 31.2 Å². The number of nitrogens with zero attached hydrogens (tertiary/aromatic N) is 3. The van der Waals surface area contributed by atoms with Gasteiger partial charge in [-0.2, -0.15) is 0 Å². The number of fused-ring (bicyclic) bond motifs is 1. The van der Waals surface area contributed by atoms with Gasteiger partial charge in [-0.05, 0) is 85.1 Å². The largest absolute Gasteiger partial charge is 0.497 e. The van der Waals surface area contributed by atoms with E-state index in [0.717, 1.165) is 25.7 Å². The summed E-state index contributed by atoms with van der Waals surface area (Å²) in [6.07, 6.45) is 0.766. The standard InChI is InChI=1S/C31H31N5O7S4/c1-43-22-7-11-24(12-8-22)46(39,40)35(19-30(32)37)28-15-16-29(27-6-3-2-5-26(27)28)36(20-31(33)38)47(41,42)25-13-9-23(10-14-25)45-18-4-17-34-21-44/h2-3,5-16H,4,17-20H2,1H3,(H2,32,37)(H2,33,38). The van der Waals surface area contributed by atoms with Crippen LogP contribution in [0.4, 0.5) is 11.4 Å². The predicted molar refractivity (Wildman–Crippen MR) is 186 cm³/mol. The molecule has 0 spiro atoms. The summed E-state index contributed by atoms with van der Waals surface area (Å²) in [4.78, 5) is 28.9. The van der Waals surface area contributed by atoms with E-state index in [1.165, 1.54) is 67.4 Å². The zero-order valence-corrected chi connectivity index (χ0v) is 28.4. The van der Waals surface area contributed by atoms with Crippen molar-refractivity contribution in [3.8, 4) is 5.75 Å². The van der Waals surface area contributed by atoms with Gasteiger partial charge in [0, 0.05) is 15.7 Å². The Morgan fingerprint density at radius 2 is 1.26 bits per heavy atom. The number of nitrogens with two attached hydrogens (primary N) is 2. The van der Waals surface area contributed by atoms with Gasteiger partial charge in [-0.25, -0.2) is 21.8 Å². The highest BCUT2D eigenvalue weighted by molar-refractivity contribution is 7.99. The topological polar surface area (TPSA) is 183 Å². The van der Waals surface area contributed by atoms with Crippen LogP contribution >= 0.6 is 24.0 Å². The Hall–Kier alpha value is -4.47. The first kappa shape index (κ1) is 35.4. The zero-order valence-electron chi connectivity index (χ0n) is 25.1. The second-order valence-electron chi connectivity index (χ2n) is 9.93. The van der Waals surface area contributed by atoms with E-state index >= 15 is 0 Å². The second-order valence-corrected chi connectivity index (χ2v) is 15.0. The van der Waals surface area contributed by atoms with Crippen LogP contribution in [0.5, 0.6) is 5.75 Å². The Bertz CT molecular complexity index is 2030. The number of isothiocyanates is 1. The SMILES string of the molecule is COc1ccc(S(=O)(=O)N(CC(N)=O)c2ccc(N(CC(N)=O)S(=O)(=O)c3ccc(SCCCN=C=S)cc3)c3ccccc23)cc1. The normalized spacial score (nSPS) is 11.4. The molecule has 12 nitrogen and oxygen atoms in total. The van der Waals surface area contributed by atoms with E-state index in [4.69, 9.17) is 16.2 Å². The summed E-state index contributed by atoms with van der Waals surface area (Å²) in [5.41, 5.74) is 11.1. The minimum atomic E-state index is -4.35. The van der Waals surface area contributed by atoms with Gasteiger partial charge >= 0.3 is 0 Å². The fourth-order valence-corrected chi connectivity index (χ4v) is 8.50. The Kier molecular flexibility index (Phi) is 11.6. The number of aliphatic imine (C=N–C) groups is 1. The van der Waals surface area contributed by atoms with Crippen molar-refractivity contribution in [2.45, 2.75) is 21.1 Å². The maximum atomic E-state index is 14.0. The van der Waals surface area contributed by atoms with Crippen LogP contribution < -0.4 is 24.8 Å². The lowest BCUT2D eigenvalue weighted by atomic mass is 10.1. The Morgan fingerprint density at radius 3 is 1.68 bits per heavy atom. The van der Waals surface area contributed by atoms with Crippen molar-refractivity contribution >= 4 is 83.1 Å². The van der Waals surface area contributed by atoms with E-state index in [2.05, 4.69) is 22.4 Å². The van der Waals surface area contributed by atoms with Crippen molar-refractivity contribution in [3.05, 3.63) is 84.9 Å². The molecule has 246 valence electrons. The third kappa shape index (κ3) is 8.28. The second kappa shape index (κ2) is 15.4. The number of hydrogen-bond donors (Lipinski definition) is 2. The van der Waals surface area contributed by atoms with Gasteiger partial charge < -0.3 is 16.2 Å². The molecular formula is C31H31N5O7S4. The van der Waals surface area contributed by atoms with Gasteiger partial charge in [-0.1, -0.05) is 24.3 Å². The highest BCUT2D eigenvalue weighted by Gasteiger charge is 2.31. The Balaban J connectivity index is 1.79. The molecular weight excluding hydrogens is 683 g/mol. The van der Waals surface area contributed by atoms with Gasteiger partial charge in [0.2, 0.25) is 11.8 Å². The molecule has 0 aliphatic rings. The van der Waals surface area contributed by atoms with Crippen LogP contribution in [0.15, 0.2) is 105 Å². The van der Waals surface area contributed by atoms with Gasteiger partial charge in [-0.15, -0.1) is 11.8 Å². The minimum absolute atomic E-state index is 0.0630. The molecule has 4 N–H and O–H groups in total. The number of thioether (sulfide) groups is 1. The number of carbonyl (C=O) groups excluding carboxylic acids is 2. The molecule has 0 radical (unpaired) electrons. The molecule has 4 aromatic carbocycles. The summed E-state index contributed by atoms with van der Waals surface area (Å²) < 4.78 is 62.6. The number of ether oxygens (including phenoxy) is 1. The van der Waals surface area contributed by atoms with Crippen LogP contribution in [0, 0.1) is 0 Å². The van der Waals surface area contributed by atoms with Crippen molar-refractivity contribution in [2.24, 2.45) is 16.5 Å². The van der Waals surface area contributed by atoms with Gasteiger partial charge in [0.1, 0.15) is 18.8 Å². The third-order valence-corrected chi connectivity index (χ3v) is 11.6. The van der Waals surface area contributed by atoms with Gasteiger partial charge in [0.05, 0.1) is 40.0 Å². The fourth-order valence-electron chi connectivity index (χ4n) is 4.67. The molecule has 0 aliphatic heterocycles. The molecule has 2 amide bonds. The van der Waals surface area contributed by atoms with Crippen LogP contribution in [0.3, 0.4) is 0 Å². The van der Waals surface area contributed by atoms with Crippen LogP contribution in [-0.4, -0.2) is 66.3 Å². The lowest BCUT2D eigenvalue weighted by Crippen LogP contribution is -2.39. The van der Waals surface area contributed by atoms with E-state index < -0.39 is 45.0 Å². The summed E-state index contributed by atoms with van der Waals surface area (Å²) in [6.45, 7) is -0.853. The number of hydrogen-bond acceptors (Lipinski definition) is 10. The quantitative estimate of drug-likeness (QED) is 0.0755. The number of amides is 2. The van der Waals surface area contributed by atoms with Crippen LogP contribution in [-0.2, 0) is 29.6 Å². The molecule has 0 fully saturated rings. The van der Waals surface area contributed by atoms with Gasteiger partial charge in [0.25, 0.3) is 20.0 Å². The molecule has 47 heavy (non-hydrogen) atoms. The van der Waals surface area contributed by atoms with Crippen LogP contribution in [0.1, 0.15) is 6.42 Å². The number of carbonyl (C=O) groups is 2. The van der Waals surface area contributed by atoms with E-state index in [0.29, 0.717) is 12.3 Å². The van der Waals surface area contributed by atoms with E-state index in [1.54, 1.807) is 36.4 Å². The van der Waals surface area contributed by atoms with Crippen LogP contribution in [0.25, 0.3) is 10.8 Å². The first-order valence-corrected chi connectivity index (χ1v) is 18.2. The molecule has 4 aromatic rings. The fraction of sp³-hybridized carbons (Fsp3) is 0.194. The molecule has 0 saturated carbocycles. The Labute approximate surface area is 282 Å². The molecule has 0 heterocycles. The third-order valence-electron chi connectivity index (χ3n) is 6.82. The molecule has 0 aliphatic carbocycles. The summed E-state index contributed by atoms with van der Waals surface area (Å²) in [7, 11) is -7.26. The number of primary amides is 2. The number of sulfonamides is 2. The lowest BCUT2D eigenvalue weighted by molar-refractivity contribution is -0.117. The van der Waals surface area contributed by atoms with Gasteiger partial charge in [0.15, 0.2) is 0 Å². The highest BCUT2D eigenvalue weighted by Crippen LogP contribution is 2.38. The number of methoxy groups -OCH3 is 1. The summed E-state index contributed by atoms with van der Waals surface area (Å²) >= 11 is 6.09. The number of thiocarbonyl (C=S) groups is 1. The predicted octanol–water partition coefficient (Wildman–Crippen LogP) is 3.79. The monoisotopic (exact) mass is 713 g/mol. The molecule has 4 rings (SSSR count). The maximum absolute atomic E-state index is 14.0. The van der Waals surface area contributed by atoms with Crippen molar-refractivity contribution in [3.63, 3.8) is 0 Å². The molecule has 0 unspecified atom stereocenters. The zero-order chi connectivity index (χ0) is 34.2. The average Bonchev–Trinajstić information content (AvgIpc) is 3.05. The lowest BCUT2D eigenvalue weighted by Gasteiger charge is -2.28. The molecule has 0 saturated heterocycles. The summed E-state index contributed by atoms with van der Waals surface area (Å²) in [5, 5.41) is 2.87. The maximum Gasteiger partial charge on any atom is 0.264 e. The summed E-state index contributed by atoms with van der Waals surface area (Å²) in [5.74, 6) is -0.666. The molecule has 0 atom stereocenters. The minimum Gasteiger partial charge on any atom is -0.497 e. The number of rotatable bonds is 16. The molecule has 16 heteroatoms. The van der Waals surface area contributed by atoms with Crippen molar-refractivity contribution in [2.75, 3.05) is 41.1 Å². The van der Waals surface area contributed by atoms with Crippen LogP contribution in [0.2, 0.25) is 0 Å². The van der Waals surface area contributed by atoms with E-state index in [1.807, 2.05) is 0 Å². The van der Waals surface area contributed by atoms with E-state index in [-0.39, 0.29) is 31.9 Å². The van der Waals surface area contributed by atoms with Gasteiger partial charge in [-0.3, -0.25) is 18.2 Å². The summed E-state index contributed by atoms with van der Waals surface area (Å²) in [6, 6.07) is 20.9. The Morgan fingerprint density at radius 1 is 0.787 bits per heavy atom. The van der Waals surface area contributed by atoms with Crippen molar-refractivity contribution in [1.82, 2.24) is 0 Å². The average molecular weight is 714 g/mol. The number of benzene rings is 4. The first-order valence-electron chi connectivity index (χ1n) is 13.9. The highest BCUT2D eigenvalue weighted by atomic mass is 32.2. The number of anilines is 2. The molecule has 0 bridgehead atoms. The first-order chi connectivity index (χ1) is 22.4.